The maximum atomic E-state index is 12.9. The minimum Gasteiger partial charge on any atom is -0.466 e. The molecule has 9 heteroatoms. The number of benzene rings is 1. The highest BCUT2D eigenvalue weighted by molar-refractivity contribution is 6.31. The van der Waals surface area contributed by atoms with Crippen LogP contribution in [0.2, 0.25) is 5.02 Å². The summed E-state index contributed by atoms with van der Waals surface area (Å²) in [7, 11) is 0. The van der Waals surface area contributed by atoms with Crippen LogP contribution >= 0.6 is 11.6 Å². The molecule has 8 nitrogen and oxygen atoms in total. The van der Waals surface area contributed by atoms with Gasteiger partial charge in [0.1, 0.15) is 5.56 Å². The van der Waals surface area contributed by atoms with Crippen molar-refractivity contribution in [3.8, 4) is 0 Å². The Kier molecular flexibility index (Phi) is 6.53. The number of hydrogen-bond donors (Lipinski definition) is 1. The van der Waals surface area contributed by atoms with Gasteiger partial charge in [-0.25, -0.2) is 4.79 Å². The molecule has 29 heavy (non-hydrogen) atoms. The second-order valence-corrected chi connectivity index (χ2v) is 7.22. The molecule has 1 aromatic carbocycles. The third-order valence-corrected chi connectivity index (χ3v) is 5.35. The van der Waals surface area contributed by atoms with Crippen molar-refractivity contribution in [2.75, 3.05) is 19.7 Å². The summed E-state index contributed by atoms with van der Waals surface area (Å²) in [6.45, 7) is 2.71. The molecule has 1 aromatic heterocycles. The quantitative estimate of drug-likeness (QED) is 0.742. The molecule has 0 bridgehead atoms. The Bertz CT molecular complexity index is 1020. The van der Waals surface area contributed by atoms with E-state index in [1.165, 1.54) is 4.90 Å². The molecule has 0 spiro atoms. The van der Waals surface area contributed by atoms with Gasteiger partial charge in [0.2, 0.25) is 0 Å². The lowest BCUT2D eigenvalue weighted by atomic mass is 9.96. The Labute approximate surface area is 172 Å². The Morgan fingerprint density at radius 1 is 1.21 bits per heavy atom. The van der Waals surface area contributed by atoms with Gasteiger partial charge in [-0.1, -0.05) is 29.8 Å². The van der Waals surface area contributed by atoms with E-state index in [9.17, 15) is 19.2 Å². The van der Waals surface area contributed by atoms with Gasteiger partial charge >= 0.3 is 11.7 Å². The van der Waals surface area contributed by atoms with Crippen molar-refractivity contribution in [1.29, 1.82) is 0 Å². The van der Waals surface area contributed by atoms with Gasteiger partial charge in [0.15, 0.2) is 0 Å². The van der Waals surface area contributed by atoms with Crippen molar-refractivity contribution >= 4 is 23.5 Å². The topological polar surface area (TPSA) is 101 Å². The van der Waals surface area contributed by atoms with Crippen molar-refractivity contribution in [1.82, 2.24) is 14.5 Å². The first-order valence-corrected chi connectivity index (χ1v) is 9.82. The molecule has 2 aromatic rings. The van der Waals surface area contributed by atoms with Crippen molar-refractivity contribution in [3.05, 3.63) is 67.4 Å². The lowest BCUT2D eigenvalue weighted by Gasteiger charge is -2.30. The smallest absolute Gasteiger partial charge is 0.328 e. The Hall–Kier alpha value is -2.87. The minimum absolute atomic E-state index is 0.0418. The molecule has 3 rings (SSSR count). The molecule has 2 heterocycles. The lowest BCUT2D eigenvalue weighted by molar-refractivity contribution is -0.149. The molecular weight excluding hydrogens is 398 g/mol. The number of rotatable bonds is 5. The standard InChI is InChI=1S/C20H22ClN3O5/c1-2-29-19(27)13-7-9-23(10-8-13)17(25)15-11-22-20(28)24(18(15)26)12-14-5-3-4-6-16(14)21/h3-6,11,13H,2,7-10,12H2,1H3,(H,22,28). The van der Waals surface area contributed by atoms with Crippen molar-refractivity contribution in [2.45, 2.75) is 26.3 Å². The number of ether oxygens (including phenoxy) is 1. The van der Waals surface area contributed by atoms with E-state index in [1.54, 1.807) is 31.2 Å². The highest BCUT2D eigenvalue weighted by Gasteiger charge is 2.30. The average molecular weight is 420 g/mol. The first-order chi connectivity index (χ1) is 13.9. The normalized spacial score (nSPS) is 14.6. The number of H-pyrrole nitrogens is 1. The van der Waals surface area contributed by atoms with Crippen LogP contribution in [0.25, 0.3) is 0 Å². The summed E-state index contributed by atoms with van der Waals surface area (Å²) >= 11 is 6.12. The maximum Gasteiger partial charge on any atom is 0.328 e. The third kappa shape index (κ3) is 4.59. The van der Waals surface area contributed by atoms with E-state index < -0.39 is 17.2 Å². The zero-order chi connectivity index (χ0) is 21.0. The van der Waals surface area contributed by atoms with Gasteiger partial charge in [0.05, 0.1) is 19.1 Å². The first-order valence-electron chi connectivity index (χ1n) is 9.44. The highest BCUT2D eigenvalue weighted by atomic mass is 35.5. The van der Waals surface area contributed by atoms with Crippen LogP contribution in [0.1, 0.15) is 35.7 Å². The molecule has 1 amide bonds. The average Bonchev–Trinajstić information content (AvgIpc) is 2.72. The number of likely N-dealkylation sites (tertiary alicyclic amines) is 1. The molecule has 0 aliphatic carbocycles. The number of hydrogen-bond acceptors (Lipinski definition) is 5. The fourth-order valence-corrected chi connectivity index (χ4v) is 3.55. The predicted molar refractivity (Wildman–Crippen MR) is 107 cm³/mol. The van der Waals surface area contributed by atoms with Crippen LogP contribution < -0.4 is 11.2 Å². The molecule has 0 radical (unpaired) electrons. The number of aromatic amines is 1. The second kappa shape index (κ2) is 9.09. The molecule has 1 aliphatic rings. The lowest BCUT2D eigenvalue weighted by Crippen LogP contribution is -2.45. The number of amides is 1. The van der Waals surface area contributed by atoms with Gasteiger partial charge in [-0.05, 0) is 31.4 Å². The molecule has 1 N–H and O–H groups in total. The highest BCUT2D eigenvalue weighted by Crippen LogP contribution is 2.20. The van der Waals surface area contributed by atoms with Crippen LogP contribution in [0.3, 0.4) is 0 Å². The van der Waals surface area contributed by atoms with Gasteiger partial charge in [-0.15, -0.1) is 0 Å². The van der Waals surface area contributed by atoms with Gasteiger partial charge in [-0.3, -0.25) is 19.0 Å². The summed E-state index contributed by atoms with van der Waals surface area (Å²) < 4.78 is 5.99. The summed E-state index contributed by atoms with van der Waals surface area (Å²) in [5.74, 6) is -0.973. The number of nitrogens with zero attached hydrogens (tertiary/aromatic N) is 2. The number of nitrogens with one attached hydrogen (secondary N) is 1. The molecule has 1 saturated heterocycles. The molecule has 1 fully saturated rings. The van der Waals surface area contributed by atoms with Gasteiger partial charge in [-0.2, -0.15) is 0 Å². The van der Waals surface area contributed by atoms with Crippen molar-refractivity contribution in [3.63, 3.8) is 0 Å². The monoisotopic (exact) mass is 419 g/mol. The molecular formula is C20H22ClN3O5. The predicted octanol–water partition coefficient (Wildman–Crippen LogP) is 1.65. The zero-order valence-electron chi connectivity index (χ0n) is 16.0. The fraction of sp³-hybridized carbons (Fsp3) is 0.400. The SMILES string of the molecule is CCOC(=O)C1CCN(C(=O)c2c[nH]c(=O)n(Cc3ccccc3Cl)c2=O)CC1. The molecule has 154 valence electrons. The maximum absolute atomic E-state index is 12.9. The van der Waals surface area contributed by atoms with Gasteiger partial charge < -0.3 is 14.6 Å². The molecule has 0 saturated carbocycles. The number of carbonyl (C=O) groups excluding carboxylic acids is 2. The zero-order valence-corrected chi connectivity index (χ0v) is 16.8. The van der Waals surface area contributed by atoms with E-state index in [1.807, 2.05) is 0 Å². The molecule has 0 unspecified atom stereocenters. The van der Waals surface area contributed by atoms with Gasteiger partial charge in [0.25, 0.3) is 11.5 Å². The summed E-state index contributed by atoms with van der Waals surface area (Å²) in [5.41, 5.74) is -0.813. The number of esters is 1. The van der Waals surface area contributed by atoms with E-state index >= 15 is 0 Å². The van der Waals surface area contributed by atoms with Crippen LogP contribution in [-0.2, 0) is 16.1 Å². The fourth-order valence-electron chi connectivity index (χ4n) is 3.35. The number of piperidine rings is 1. The molecule has 1 aliphatic heterocycles. The number of halogens is 1. The van der Waals surface area contributed by atoms with Crippen LogP contribution in [0.5, 0.6) is 0 Å². The summed E-state index contributed by atoms with van der Waals surface area (Å²) in [6, 6.07) is 6.88. The van der Waals surface area contributed by atoms with Crippen molar-refractivity contribution in [2.24, 2.45) is 5.92 Å². The second-order valence-electron chi connectivity index (χ2n) is 6.81. The first kappa shape index (κ1) is 20.9. The van der Waals surface area contributed by atoms with Crippen LogP contribution in [0.15, 0.2) is 40.1 Å². The third-order valence-electron chi connectivity index (χ3n) is 4.98. The van der Waals surface area contributed by atoms with Crippen LogP contribution in [0.4, 0.5) is 0 Å². The Balaban J connectivity index is 1.79. The Morgan fingerprint density at radius 3 is 2.55 bits per heavy atom. The Morgan fingerprint density at radius 2 is 1.90 bits per heavy atom. The minimum atomic E-state index is -0.675. The van der Waals surface area contributed by atoms with Crippen LogP contribution in [-0.4, -0.2) is 46.0 Å². The summed E-state index contributed by atoms with van der Waals surface area (Å²) in [5, 5.41) is 0.427. The number of aromatic nitrogens is 2. The van der Waals surface area contributed by atoms with E-state index in [0.717, 1.165) is 10.8 Å². The summed E-state index contributed by atoms with van der Waals surface area (Å²) in [6.07, 6.45) is 2.09. The van der Waals surface area contributed by atoms with Gasteiger partial charge in [0, 0.05) is 24.3 Å². The largest absolute Gasteiger partial charge is 0.466 e. The molecule has 0 atom stereocenters. The van der Waals surface area contributed by atoms with E-state index in [4.69, 9.17) is 16.3 Å². The van der Waals surface area contributed by atoms with Crippen LogP contribution in [0, 0.1) is 5.92 Å². The summed E-state index contributed by atoms with van der Waals surface area (Å²) in [4.78, 5) is 53.7. The van der Waals surface area contributed by atoms with E-state index in [0.29, 0.717) is 43.1 Å². The number of carbonyl (C=O) groups is 2. The van der Waals surface area contributed by atoms with E-state index in [2.05, 4.69) is 4.98 Å². The van der Waals surface area contributed by atoms with E-state index in [-0.39, 0.29) is 24.0 Å². The van der Waals surface area contributed by atoms with Crippen molar-refractivity contribution < 1.29 is 14.3 Å².